The van der Waals surface area contributed by atoms with Gasteiger partial charge in [0.15, 0.2) is 5.25 Å². The van der Waals surface area contributed by atoms with E-state index in [1.807, 2.05) is 13.8 Å². The Bertz CT molecular complexity index is 659. The van der Waals surface area contributed by atoms with E-state index < -0.39 is 33.6 Å². The Kier molecular flexibility index (Phi) is 9.40. The Balaban J connectivity index is 0.00000484. The van der Waals surface area contributed by atoms with Gasteiger partial charge in [-0.3, -0.25) is 9.35 Å². The number of aliphatic imine (C=N–C) groups is 1. The first-order chi connectivity index (χ1) is 10.1. The predicted octanol–water partition coefficient (Wildman–Crippen LogP) is -3.48. The third kappa shape index (κ3) is 7.68. The molecule has 0 aliphatic carbocycles. The van der Waals surface area contributed by atoms with E-state index in [1.54, 1.807) is 0 Å². The largest absolute Gasteiger partial charge is 1.00 e. The molecule has 0 fully saturated rings. The van der Waals surface area contributed by atoms with Crippen molar-refractivity contribution in [3.63, 3.8) is 0 Å². The second kappa shape index (κ2) is 9.64. The minimum atomic E-state index is -4.70. The molecule has 0 bridgehead atoms. The van der Waals surface area contributed by atoms with Crippen LogP contribution in [0.15, 0.2) is 4.99 Å². The number of carbonyl (C=O) groups excluding carboxylic acids is 1. The molecule has 2 N–H and O–H groups in total. The number of carbonyl (C=O) groups is 1. The minimum absolute atomic E-state index is 0. The smallest absolute Gasteiger partial charge is 0.862 e. The summed E-state index contributed by atoms with van der Waals surface area (Å²) in [6.07, 6.45) is -0.0785. The van der Waals surface area contributed by atoms with Crippen LogP contribution in [-0.2, 0) is 21.3 Å². The maximum Gasteiger partial charge on any atom is 1.00 e. The fraction of sp³-hybridized carbons (Fsp3) is 0.636. The number of rotatable bonds is 7. The number of aromatic nitrogens is 2. The standard InChI is InChI=1S/C11H18N4O5S2.Na/c1-6(2)4-9-14-15-11(21-9)13-8(16)5-7(10(17)12-3)22(18,19)20;/h6-7H,4-5H2,1-3H3,(H,12,17)(H,13,15,16)(H,18,19,20);/q;+1/p-1. The molecule has 0 aliphatic rings. The molecular formula is C11H17N4NaO5S2. The summed E-state index contributed by atoms with van der Waals surface area (Å²) >= 11 is 1.12. The molecule has 1 aromatic rings. The van der Waals surface area contributed by atoms with E-state index in [4.69, 9.17) is 4.55 Å². The van der Waals surface area contributed by atoms with Crippen molar-refractivity contribution in [1.82, 2.24) is 15.5 Å². The predicted molar refractivity (Wildman–Crippen MR) is 79.6 cm³/mol. The van der Waals surface area contributed by atoms with Crippen molar-refractivity contribution in [2.45, 2.75) is 31.9 Å². The number of hydrogen-bond acceptors (Lipinski definition) is 8. The summed E-state index contributed by atoms with van der Waals surface area (Å²) in [7, 11) is -3.50. The van der Waals surface area contributed by atoms with Crippen LogP contribution in [0, 0.1) is 5.92 Å². The first-order valence-electron chi connectivity index (χ1n) is 6.38. The summed E-state index contributed by atoms with van der Waals surface area (Å²) in [5.41, 5.74) is 0. The zero-order valence-corrected chi connectivity index (χ0v) is 16.9. The molecule has 1 unspecified atom stereocenters. The minimum Gasteiger partial charge on any atom is -0.862 e. The summed E-state index contributed by atoms with van der Waals surface area (Å²) in [5.74, 6) is -1.49. The van der Waals surface area contributed by atoms with Crippen LogP contribution < -0.4 is 40.0 Å². The van der Waals surface area contributed by atoms with E-state index in [1.165, 1.54) is 7.05 Å². The Hall–Kier alpha value is -0.590. The molecule has 12 heteroatoms. The van der Waals surface area contributed by atoms with Crippen molar-refractivity contribution in [2.75, 3.05) is 7.05 Å². The maximum atomic E-state index is 11.7. The molecule has 1 aromatic heterocycles. The topological polar surface area (TPSA) is 145 Å². The maximum absolute atomic E-state index is 11.7. The second-order valence-corrected chi connectivity index (χ2v) is 7.54. The van der Waals surface area contributed by atoms with Gasteiger partial charge in [0.2, 0.25) is 11.0 Å². The zero-order valence-electron chi connectivity index (χ0n) is 13.3. The summed E-state index contributed by atoms with van der Waals surface area (Å²) in [5, 5.41) is 20.3. The molecule has 9 nitrogen and oxygen atoms in total. The van der Waals surface area contributed by atoms with Crippen molar-refractivity contribution >= 4 is 38.4 Å². The van der Waals surface area contributed by atoms with Gasteiger partial charge in [0.25, 0.3) is 10.1 Å². The van der Waals surface area contributed by atoms with Crippen LogP contribution in [-0.4, -0.2) is 47.3 Å². The van der Waals surface area contributed by atoms with Gasteiger partial charge in [0.1, 0.15) is 5.01 Å². The fourth-order valence-electron chi connectivity index (χ4n) is 1.53. The van der Waals surface area contributed by atoms with E-state index in [0.717, 1.165) is 11.3 Å². The fourth-order valence-corrected chi connectivity index (χ4v) is 3.21. The summed E-state index contributed by atoms with van der Waals surface area (Å²) in [6.45, 7) is 4.01. The van der Waals surface area contributed by atoms with Gasteiger partial charge in [-0.1, -0.05) is 25.2 Å². The first-order valence-corrected chi connectivity index (χ1v) is 8.70. The summed E-state index contributed by atoms with van der Waals surface area (Å²) < 4.78 is 31.2. The Morgan fingerprint density at radius 3 is 2.52 bits per heavy atom. The molecule has 0 saturated heterocycles. The van der Waals surface area contributed by atoms with Gasteiger partial charge in [-0.05, 0) is 11.8 Å². The van der Waals surface area contributed by atoms with E-state index in [-0.39, 0.29) is 34.7 Å². The molecule has 1 atom stereocenters. The molecule has 0 spiro atoms. The van der Waals surface area contributed by atoms with Crippen molar-refractivity contribution in [2.24, 2.45) is 10.9 Å². The number of hydrogen-bond donors (Lipinski definition) is 2. The average molecular weight is 372 g/mol. The van der Waals surface area contributed by atoms with Gasteiger partial charge in [-0.2, -0.15) is 8.42 Å². The van der Waals surface area contributed by atoms with Gasteiger partial charge in [0.05, 0.1) is 0 Å². The van der Waals surface area contributed by atoms with Gasteiger partial charge < -0.3 is 10.4 Å². The van der Waals surface area contributed by atoms with Crippen molar-refractivity contribution in [1.29, 1.82) is 0 Å². The third-order valence-electron chi connectivity index (χ3n) is 2.52. The van der Waals surface area contributed by atoms with Crippen molar-refractivity contribution in [3.8, 4) is 0 Å². The van der Waals surface area contributed by atoms with Crippen LogP contribution in [0.1, 0.15) is 25.3 Å². The van der Waals surface area contributed by atoms with Crippen LogP contribution in [0.3, 0.4) is 0 Å². The SMILES string of the molecule is CNC(=O)C(CC([O-])=Nc1nnc(CC(C)C)s1)S(=O)(=O)O.[Na+]. The number of nitrogens with one attached hydrogen (secondary N) is 1. The normalized spacial score (nSPS) is 13.5. The number of amides is 1. The molecule has 1 amide bonds. The van der Waals surface area contributed by atoms with E-state index in [2.05, 4.69) is 20.5 Å². The Labute approximate surface area is 160 Å². The third-order valence-corrected chi connectivity index (χ3v) is 4.46. The van der Waals surface area contributed by atoms with Gasteiger partial charge >= 0.3 is 29.6 Å². The summed E-state index contributed by atoms with van der Waals surface area (Å²) in [4.78, 5) is 15.0. The molecule has 23 heavy (non-hydrogen) atoms. The van der Waals surface area contributed by atoms with Crippen LogP contribution in [0.4, 0.5) is 5.13 Å². The van der Waals surface area contributed by atoms with E-state index in [0.29, 0.717) is 17.3 Å². The van der Waals surface area contributed by atoms with Crippen molar-refractivity contribution in [3.05, 3.63) is 5.01 Å². The van der Waals surface area contributed by atoms with E-state index >= 15 is 0 Å². The second-order valence-electron chi connectivity index (χ2n) is 4.90. The molecule has 1 rings (SSSR count). The zero-order chi connectivity index (χ0) is 16.9. The van der Waals surface area contributed by atoms with E-state index in [9.17, 15) is 18.3 Å². The Morgan fingerprint density at radius 1 is 1.43 bits per heavy atom. The molecule has 124 valence electrons. The van der Waals surface area contributed by atoms with Crippen LogP contribution in [0.2, 0.25) is 0 Å². The first kappa shape index (κ1) is 22.4. The summed E-state index contributed by atoms with van der Waals surface area (Å²) in [6, 6.07) is 0. The molecule has 0 saturated carbocycles. The quantitative estimate of drug-likeness (QED) is 0.219. The number of nitrogens with zero attached hydrogens (tertiary/aromatic N) is 3. The van der Waals surface area contributed by atoms with Gasteiger partial charge in [-0.25, -0.2) is 4.99 Å². The average Bonchev–Trinajstić information content (AvgIpc) is 2.80. The van der Waals surface area contributed by atoms with Crippen LogP contribution in [0.25, 0.3) is 0 Å². The molecule has 0 aliphatic heterocycles. The van der Waals surface area contributed by atoms with Crippen LogP contribution in [0.5, 0.6) is 0 Å². The van der Waals surface area contributed by atoms with Crippen LogP contribution >= 0.6 is 11.3 Å². The van der Waals surface area contributed by atoms with Gasteiger partial charge in [0, 0.05) is 19.9 Å². The molecule has 0 radical (unpaired) electrons. The van der Waals surface area contributed by atoms with Crippen molar-refractivity contribution < 1.29 is 52.4 Å². The molecular weight excluding hydrogens is 355 g/mol. The molecule has 1 heterocycles. The Morgan fingerprint density at radius 2 is 2.04 bits per heavy atom. The molecule has 0 aromatic carbocycles. The van der Waals surface area contributed by atoms with Gasteiger partial charge in [-0.15, -0.1) is 10.2 Å². The monoisotopic (exact) mass is 372 g/mol.